The van der Waals surface area contributed by atoms with Gasteiger partial charge in [0.05, 0.1) is 12.2 Å². The summed E-state index contributed by atoms with van der Waals surface area (Å²) in [4.78, 5) is 0. The zero-order chi connectivity index (χ0) is 11.4. The molecule has 0 bridgehead atoms. The van der Waals surface area contributed by atoms with Gasteiger partial charge in [-0.25, -0.2) is 0 Å². The highest BCUT2D eigenvalue weighted by Crippen LogP contribution is 2.18. The molecule has 3 nitrogen and oxygen atoms in total. The minimum Gasteiger partial charge on any atom is -0.360 e. The fourth-order valence-electron chi connectivity index (χ4n) is 1.83. The lowest BCUT2D eigenvalue weighted by atomic mass is 10.1. The van der Waals surface area contributed by atoms with Crippen LogP contribution in [0.15, 0.2) is 10.6 Å². The van der Waals surface area contributed by atoms with E-state index in [1.165, 1.54) is 24.3 Å². The second-order valence-corrected chi connectivity index (χ2v) is 5.82. The molecule has 16 heavy (non-hydrogen) atoms. The summed E-state index contributed by atoms with van der Waals surface area (Å²) in [6, 6.07) is 2.71. The van der Waals surface area contributed by atoms with Crippen LogP contribution in [0.2, 0.25) is 0 Å². The summed E-state index contributed by atoms with van der Waals surface area (Å²) in [7, 11) is 0. The van der Waals surface area contributed by atoms with Crippen molar-refractivity contribution in [2.24, 2.45) is 0 Å². The minimum absolute atomic E-state index is 0.447. The first-order valence-corrected chi connectivity index (χ1v) is 7.18. The van der Waals surface area contributed by atoms with Gasteiger partial charge in [-0.2, -0.15) is 11.8 Å². The van der Waals surface area contributed by atoms with E-state index < -0.39 is 0 Å². The van der Waals surface area contributed by atoms with Gasteiger partial charge in [0.2, 0.25) is 0 Å². The molecule has 1 saturated heterocycles. The first-order valence-electron chi connectivity index (χ1n) is 6.02. The van der Waals surface area contributed by atoms with Crippen LogP contribution in [-0.4, -0.2) is 22.7 Å². The molecule has 4 heteroatoms. The van der Waals surface area contributed by atoms with Gasteiger partial charge in [-0.1, -0.05) is 19.0 Å². The van der Waals surface area contributed by atoms with E-state index in [0.29, 0.717) is 12.0 Å². The maximum Gasteiger partial charge on any atom is 0.150 e. The fraction of sp³-hybridized carbons (Fsp3) is 0.750. The Labute approximate surface area is 101 Å². The van der Waals surface area contributed by atoms with Crippen molar-refractivity contribution in [1.29, 1.82) is 0 Å². The largest absolute Gasteiger partial charge is 0.360 e. The Balaban J connectivity index is 1.79. The highest BCUT2D eigenvalue weighted by molar-refractivity contribution is 7.99. The van der Waals surface area contributed by atoms with Crippen LogP contribution in [0.3, 0.4) is 0 Å². The standard InChI is InChI=1S/C12H20N2OS/c1-9(2)12-6-11(15-14-12)7-13-10-4-3-5-16-8-10/h6,9-10,13H,3-5,7-8H2,1-2H3. The van der Waals surface area contributed by atoms with Crippen LogP contribution in [0, 0.1) is 0 Å². The van der Waals surface area contributed by atoms with Crippen molar-refractivity contribution >= 4 is 11.8 Å². The summed E-state index contributed by atoms with van der Waals surface area (Å²) in [6.45, 7) is 5.07. The van der Waals surface area contributed by atoms with Crippen LogP contribution in [0.5, 0.6) is 0 Å². The number of aromatic nitrogens is 1. The average molecular weight is 240 g/mol. The molecular weight excluding hydrogens is 220 g/mol. The van der Waals surface area contributed by atoms with Gasteiger partial charge in [0.25, 0.3) is 0 Å². The van der Waals surface area contributed by atoms with Gasteiger partial charge in [0, 0.05) is 17.9 Å². The quantitative estimate of drug-likeness (QED) is 0.878. The third-order valence-corrected chi connectivity index (χ3v) is 4.11. The average Bonchev–Trinajstić information content (AvgIpc) is 2.76. The summed E-state index contributed by atoms with van der Waals surface area (Å²) in [5.41, 5.74) is 1.05. The molecule has 1 unspecified atom stereocenters. The monoisotopic (exact) mass is 240 g/mol. The van der Waals surface area contributed by atoms with Crippen molar-refractivity contribution in [3.8, 4) is 0 Å². The molecule has 0 saturated carbocycles. The Morgan fingerprint density at radius 2 is 2.50 bits per heavy atom. The molecule has 1 fully saturated rings. The molecule has 2 heterocycles. The van der Waals surface area contributed by atoms with Crippen molar-refractivity contribution in [2.45, 2.75) is 45.2 Å². The van der Waals surface area contributed by atoms with E-state index in [2.05, 4.69) is 30.4 Å². The number of hydrogen-bond acceptors (Lipinski definition) is 4. The minimum atomic E-state index is 0.447. The normalized spacial score (nSPS) is 21.6. The zero-order valence-corrected chi connectivity index (χ0v) is 10.8. The van der Waals surface area contributed by atoms with Crippen molar-refractivity contribution in [1.82, 2.24) is 10.5 Å². The van der Waals surface area contributed by atoms with Crippen molar-refractivity contribution in [2.75, 3.05) is 11.5 Å². The molecule has 90 valence electrons. The summed E-state index contributed by atoms with van der Waals surface area (Å²) in [5, 5.41) is 7.59. The summed E-state index contributed by atoms with van der Waals surface area (Å²) in [5.74, 6) is 3.95. The summed E-state index contributed by atoms with van der Waals surface area (Å²) in [6.07, 6.45) is 2.62. The Bertz CT molecular complexity index is 319. The molecule has 1 aromatic rings. The highest BCUT2D eigenvalue weighted by atomic mass is 32.2. The van der Waals surface area contributed by atoms with Gasteiger partial charge in [-0.05, 0) is 24.5 Å². The zero-order valence-electron chi connectivity index (χ0n) is 10.0. The lowest BCUT2D eigenvalue weighted by Crippen LogP contribution is -2.33. The molecule has 1 N–H and O–H groups in total. The van der Waals surface area contributed by atoms with Crippen LogP contribution >= 0.6 is 11.8 Å². The Hall–Kier alpha value is -0.480. The lowest BCUT2D eigenvalue weighted by Gasteiger charge is -2.21. The lowest BCUT2D eigenvalue weighted by molar-refractivity contribution is 0.356. The SMILES string of the molecule is CC(C)c1cc(CNC2CCCSC2)on1. The summed E-state index contributed by atoms with van der Waals surface area (Å²) < 4.78 is 5.30. The van der Waals surface area contributed by atoms with E-state index in [4.69, 9.17) is 4.52 Å². The molecule has 1 aliphatic rings. The van der Waals surface area contributed by atoms with E-state index in [1.54, 1.807) is 0 Å². The highest BCUT2D eigenvalue weighted by Gasteiger charge is 2.14. The van der Waals surface area contributed by atoms with Gasteiger partial charge in [-0.15, -0.1) is 0 Å². The molecule has 1 aliphatic heterocycles. The van der Waals surface area contributed by atoms with E-state index in [0.717, 1.165) is 18.0 Å². The molecule has 0 aromatic carbocycles. The van der Waals surface area contributed by atoms with Crippen LogP contribution in [0.4, 0.5) is 0 Å². The fourth-order valence-corrected chi connectivity index (χ4v) is 2.94. The topological polar surface area (TPSA) is 38.1 Å². The van der Waals surface area contributed by atoms with Crippen LogP contribution in [-0.2, 0) is 6.54 Å². The van der Waals surface area contributed by atoms with Gasteiger partial charge in [0.1, 0.15) is 0 Å². The maximum atomic E-state index is 5.30. The third kappa shape index (κ3) is 3.25. The second-order valence-electron chi connectivity index (χ2n) is 4.67. The predicted octanol–water partition coefficient (Wildman–Crippen LogP) is 2.78. The van der Waals surface area contributed by atoms with Gasteiger partial charge in [0.15, 0.2) is 5.76 Å². The first kappa shape index (κ1) is 12.0. The van der Waals surface area contributed by atoms with Gasteiger partial charge < -0.3 is 9.84 Å². The van der Waals surface area contributed by atoms with Gasteiger partial charge >= 0.3 is 0 Å². The van der Waals surface area contributed by atoms with Crippen molar-refractivity contribution in [3.05, 3.63) is 17.5 Å². The van der Waals surface area contributed by atoms with E-state index in [1.807, 2.05) is 11.8 Å². The molecule has 0 spiro atoms. The number of nitrogens with zero attached hydrogens (tertiary/aromatic N) is 1. The molecule has 0 aliphatic carbocycles. The smallest absolute Gasteiger partial charge is 0.150 e. The van der Waals surface area contributed by atoms with E-state index >= 15 is 0 Å². The number of nitrogens with one attached hydrogen (secondary N) is 1. The Morgan fingerprint density at radius 1 is 1.62 bits per heavy atom. The molecule has 2 rings (SSSR count). The molecular formula is C12H20N2OS. The molecule has 1 aromatic heterocycles. The van der Waals surface area contributed by atoms with E-state index in [9.17, 15) is 0 Å². The number of rotatable bonds is 4. The first-order chi connectivity index (χ1) is 7.75. The maximum absolute atomic E-state index is 5.30. The second kappa shape index (κ2) is 5.73. The van der Waals surface area contributed by atoms with Crippen molar-refractivity contribution < 1.29 is 4.52 Å². The number of thioether (sulfide) groups is 1. The molecule has 0 amide bonds. The summed E-state index contributed by atoms with van der Waals surface area (Å²) >= 11 is 2.04. The van der Waals surface area contributed by atoms with Gasteiger partial charge in [-0.3, -0.25) is 0 Å². The van der Waals surface area contributed by atoms with Crippen LogP contribution in [0.1, 0.15) is 44.1 Å². The Morgan fingerprint density at radius 3 is 3.12 bits per heavy atom. The van der Waals surface area contributed by atoms with E-state index in [-0.39, 0.29) is 0 Å². The van der Waals surface area contributed by atoms with Crippen LogP contribution < -0.4 is 5.32 Å². The predicted molar refractivity (Wildman–Crippen MR) is 67.8 cm³/mol. The molecule has 1 atom stereocenters. The Kier molecular flexibility index (Phi) is 4.29. The van der Waals surface area contributed by atoms with Crippen molar-refractivity contribution in [3.63, 3.8) is 0 Å². The third-order valence-electron chi connectivity index (χ3n) is 2.89. The number of hydrogen-bond donors (Lipinski definition) is 1. The molecule has 0 radical (unpaired) electrons. The van der Waals surface area contributed by atoms with Crippen LogP contribution in [0.25, 0.3) is 0 Å².